The highest BCUT2D eigenvalue weighted by Crippen LogP contribution is 2.12. The fraction of sp³-hybridized carbons (Fsp3) is 0.538. The lowest BCUT2D eigenvalue weighted by atomic mass is 10.2. The molecule has 2 heterocycles. The lowest BCUT2D eigenvalue weighted by molar-refractivity contribution is 0.367. The van der Waals surface area contributed by atoms with E-state index in [1.165, 1.54) is 6.33 Å². The molecule has 0 aliphatic heterocycles. The molecule has 0 bridgehead atoms. The molecule has 102 valence electrons. The van der Waals surface area contributed by atoms with Crippen LogP contribution in [0.25, 0.3) is 11.5 Å². The Morgan fingerprint density at radius 3 is 3.05 bits per heavy atom. The summed E-state index contributed by atoms with van der Waals surface area (Å²) >= 11 is 0. The summed E-state index contributed by atoms with van der Waals surface area (Å²) in [6.45, 7) is 5.36. The van der Waals surface area contributed by atoms with Gasteiger partial charge in [-0.15, -0.1) is 0 Å². The molecule has 0 radical (unpaired) electrons. The predicted octanol–water partition coefficient (Wildman–Crippen LogP) is 1.85. The quantitative estimate of drug-likeness (QED) is 0.819. The fourth-order valence-corrected chi connectivity index (χ4v) is 1.72. The standard InChI is InChI=1S/C13H19N5O/c1-3-7-15-10(2)4-5-12-17-13(18-19-12)11-6-8-14-9-16-11/h6,8-10,15H,3-5,7H2,1-2H3. The average Bonchev–Trinajstić information content (AvgIpc) is 2.93. The maximum atomic E-state index is 5.22. The first-order valence-corrected chi connectivity index (χ1v) is 6.62. The van der Waals surface area contributed by atoms with Crippen molar-refractivity contribution in [1.29, 1.82) is 0 Å². The summed E-state index contributed by atoms with van der Waals surface area (Å²) in [7, 11) is 0. The molecular formula is C13H19N5O. The van der Waals surface area contributed by atoms with E-state index in [2.05, 4.69) is 39.3 Å². The molecule has 2 rings (SSSR count). The zero-order valence-corrected chi connectivity index (χ0v) is 11.3. The van der Waals surface area contributed by atoms with E-state index in [1.54, 1.807) is 12.3 Å². The third kappa shape index (κ3) is 4.10. The van der Waals surface area contributed by atoms with Crippen LogP contribution in [0, 0.1) is 0 Å². The van der Waals surface area contributed by atoms with E-state index in [0.717, 1.165) is 25.8 Å². The molecule has 2 aromatic rings. The molecule has 6 heteroatoms. The average molecular weight is 261 g/mol. The molecule has 0 spiro atoms. The van der Waals surface area contributed by atoms with Crippen LogP contribution in [0.5, 0.6) is 0 Å². The van der Waals surface area contributed by atoms with Gasteiger partial charge in [-0.1, -0.05) is 12.1 Å². The summed E-state index contributed by atoms with van der Waals surface area (Å²) in [5, 5.41) is 7.36. The maximum absolute atomic E-state index is 5.22. The van der Waals surface area contributed by atoms with Gasteiger partial charge >= 0.3 is 0 Å². The Kier molecular flexibility index (Phi) is 4.97. The Labute approximate surface area is 112 Å². The van der Waals surface area contributed by atoms with E-state index < -0.39 is 0 Å². The largest absolute Gasteiger partial charge is 0.339 e. The molecule has 2 aromatic heterocycles. The molecule has 0 fully saturated rings. The smallest absolute Gasteiger partial charge is 0.227 e. The summed E-state index contributed by atoms with van der Waals surface area (Å²) in [4.78, 5) is 12.3. The second-order valence-corrected chi connectivity index (χ2v) is 4.50. The molecular weight excluding hydrogens is 242 g/mol. The monoisotopic (exact) mass is 261 g/mol. The van der Waals surface area contributed by atoms with Gasteiger partial charge in [0.2, 0.25) is 11.7 Å². The minimum absolute atomic E-state index is 0.453. The van der Waals surface area contributed by atoms with Gasteiger partial charge in [0.15, 0.2) is 0 Å². The first-order valence-electron chi connectivity index (χ1n) is 6.62. The number of aromatic nitrogens is 4. The second-order valence-electron chi connectivity index (χ2n) is 4.50. The summed E-state index contributed by atoms with van der Waals surface area (Å²) in [6, 6.07) is 2.22. The van der Waals surface area contributed by atoms with Crippen molar-refractivity contribution in [1.82, 2.24) is 25.4 Å². The second kappa shape index (κ2) is 6.94. The molecule has 0 saturated heterocycles. The Morgan fingerprint density at radius 1 is 1.42 bits per heavy atom. The molecule has 0 aromatic carbocycles. The molecule has 0 aliphatic rings. The summed E-state index contributed by atoms with van der Waals surface area (Å²) in [6.07, 6.45) is 6.03. The Bertz CT molecular complexity index is 485. The van der Waals surface area contributed by atoms with Crippen LogP contribution in [0.1, 0.15) is 32.6 Å². The van der Waals surface area contributed by atoms with Crippen LogP contribution in [0.2, 0.25) is 0 Å². The lowest BCUT2D eigenvalue weighted by Crippen LogP contribution is -2.27. The zero-order chi connectivity index (χ0) is 13.5. The van der Waals surface area contributed by atoms with Gasteiger partial charge in [0.1, 0.15) is 12.0 Å². The third-order valence-electron chi connectivity index (χ3n) is 2.81. The van der Waals surface area contributed by atoms with Crippen molar-refractivity contribution in [2.75, 3.05) is 6.54 Å². The van der Waals surface area contributed by atoms with Crippen molar-refractivity contribution in [2.24, 2.45) is 0 Å². The van der Waals surface area contributed by atoms with Crippen LogP contribution < -0.4 is 5.32 Å². The fourth-order valence-electron chi connectivity index (χ4n) is 1.72. The summed E-state index contributed by atoms with van der Waals surface area (Å²) in [5.41, 5.74) is 0.683. The van der Waals surface area contributed by atoms with E-state index in [1.807, 2.05) is 0 Å². The molecule has 19 heavy (non-hydrogen) atoms. The van der Waals surface area contributed by atoms with Crippen LogP contribution in [-0.4, -0.2) is 32.7 Å². The summed E-state index contributed by atoms with van der Waals surface area (Å²) < 4.78 is 5.22. The third-order valence-corrected chi connectivity index (χ3v) is 2.81. The Hall–Kier alpha value is -1.82. The number of nitrogens with zero attached hydrogens (tertiary/aromatic N) is 4. The molecule has 0 aliphatic carbocycles. The van der Waals surface area contributed by atoms with Gasteiger partial charge in [-0.05, 0) is 32.4 Å². The normalized spacial score (nSPS) is 12.5. The van der Waals surface area contributed by atoms with Crippen LogP contribution >= 0.6 is 0 Å². The minimum Gasteiger partial charge on any atom is -0.339 e. The van der Waals surface area contributed by atoms with Crippen LogP contribution in [0.4, 0.5) is 0 Å². The number of rotatable bonds is 7. The highest BCUT2D eigenvalue weighted by Gasteiger charge is 2.10. The number of hydrogen-bond donors (Lipinski definition) is 1. The molecule has 1 N–H and O–H groups in total. The molecule has 0 saturated carbocycles. The highest BCUT2D eigenvalue weighted by atomic mass is 16.5. The first-order chi connectivity index (χ1) is 9.29. The first kappa shape index (κ1) is 13.6. The van der Waals surface area contributed by atoms with Crippen molar-refractivity contribution >= 4 is 0 Å². The molecule has 6 nitrogen and oxygen atoms in total. The number of hydrogen-bond acceptors (Lipinski definition) is 6. The Morgan fingerprint density at radius 2 is 2.32 bits per heavy atom. The maximum Gasteiger partial charge on any atom is 0.227 e. The van der Waals surface area contributed by atoms with Gasteiger partial charge in [0, 0.05) is 18.7 Å². The van der Waals surface area contributed by atoms with E-state index in [0.29, 0.717) is 23.5 Å². The van der Waals surface area contributed by atoms with Gasteiger partial charge < -0.3 is 9.84 Å². The van der Waals surface area contributed by atoms with Crippen molar-refractivity contribution < 1.29 is 4.52 Å². The van der Waals surface area contributed by atoms with E-state index >= 15 is 0 Å². The lowest BCUT2D eigenvalue weighted by Gasteiger charge is -2.10. The minimum atomic E-state index is 0.453. The van der Waals surface area contributed by atoms with Gasteiger partial charge in [-0.2, -0.15) is 4.98 Å². The number of nitrogens with one attached hydrogen (secondary N) is 1. The van der Waals surface area contributed by atoms with Crippen molar-refractivity contribution in [3.63, 3.8) is 0 Å². The van der Waals surface area contributed by atoms with Crippen LogP contribution in [0.15, 0.2) is 23.1 Å². The van der Waals surface area contributed by atoms with Gasteiger partial charge in [-0.25, -0.2) is 9.97 Å². The molecule has 1 unspecified atom stereocenters. The van der Waals surface area contributed by atoms with E-state index in [4.69, 9.17) is 4.52 Å². The van der Waals surface area contributed by atoms with Crippen molar-refractivity contribution in [2.45, 2.75) is 39.2 Å². The van der Waals surface area contributed by atoms with Gasteiger partial charge in [0.25, 0.3) is 0 Å². The topological polar surface area (TPSA) is 76.7 Å². The highest BCUT2D eigenvalue weighted by molar-refractivity contribution is 5.46. The van der Waals surface area contributed by atoms with Crippen molar-refractivity contribution in [3.8, 4) is 11.5 Å². The molecule has 1 atom stereocenters. The van der Waals surface area contributed by atoms with E-state index in [-0.39, 0.29) is 0 Å². The van der Waals surface area contributed by atoms with Crippen molar-refractivity contribution in [3.05, 3.63) is 24.5 Å². The van der Waals surface area contributed by atoms with E-state index in [9.17, 15) is 0 Å². The zero-order valence-electron chi connectivity index (χ0n) is 11.3. The summed E-state index contributed by atoms with van der Waals surface area (Å²) in [5.74, 6) is 1.17. The van der Waals surface area contributed by atoms with Gasteiger partial charge in [-0.3, -0.25) is 0 Å². The Balaban J connectivity index is 1.88. The van der Waals surface area contributed by atoms with Crippen LogP contribution in [0.3, 0.4) is 0 Å². The van der Waals surface area contributed by atoms with Gasteiger partial charge in [0.05, 0.1) is 0 Å². The SMILES string of the molecule is CCCNC(C)CCc1nc(-c2ccncn2)no1. The van der Waals surface area contributed by atoms with Crippen LogP contribution in [-0.2, 0) is 6.42 Å². The molecule has 0 amide bonds. The number of aryl methyl sites for hydroxylation is 1. The predicted molar refractivity (Wildman–Crippen MR) is 71.4 cm³/mol.